The summed E-state index contributed by atoms with van der Waals surface area (Å²) in [5, 5.41) is 5.46. The van der Waals surface area contributed by atoms with Gasteiger partial charge in [-0.1, -0.05) is 0 Å². The Kier molecular flexibility index (Phi) is 2.55. The van der Waals surface area contributed by atoms with Crippen molar-refractivity contribution in [2.45, 2.75) is 6.04 Å². The Morgan fingerprint density at radius 3 is 2.94 bits per heavy atom. The fourth-order valence-electron chi connectivity index (χ4n) is 1.84. The van der Waals surface area contributed by atoms with Crippen molar-refractivity contribution in [1.29, 1.82) is 0 Å². The van der Waals surface area contributed by atoms with Gasteiger partial charge in [-0.3, -0.25) is 0 Å². The molecule has 0 aliphatic heterocycles. The predicted octanol–water partition coefficient (Wildman–Crippen LogP) is 3.86. The minimum atomic E-state index is 0.239. The monoisotopic (exact) mass is 249 g/mol. The lowest BCUT2D eigenvalue weighted by Crippen LogP contribution is -2.15. The van der Waals surface area contributed by atoms with Gasteiger partial charge in [0.25, 0.3) is 0 Å². The number of hydrogen-bond donors (Lipinski definition) is 1. The second-order valence-corrected chi connectivity index (χ2v) is 5.64. The van der Waals surface area contributed by atoms with Crippen LogP contribution in [0, 0.1) is 0 Å². The van der Waals surface area contributed by atoms with Crippen LogP contribution in [0.1, 0.15) is 16.5 Å². The van der Waals surface area contributed by atoms with Gasteiger partial charge in [0.2, 0.25) is 0 Å². The lowest BCUT2D eigenvalue weighted by atomic mass is 10.1. The van der Waals surface area contributed by atoms with Gasteiger partial charge in [0, 0.05) is 19.8 Å². The Morgan fingerprint density at radius 1 is 1.31 bits per heavy atom. The van der Waals surface area contributed by atoms with E-state index in [4.69, 9.17) is 4.42 Å². The fraction of sp³-hybridized carbons (Fsp3) is 0.167. The molecule has 2 nitrogen and oxygen atoms in total. The third-order valence-electron chi connectivity index (χ3n) is 2.61. The summed E-state index contributed by atoms with van der Waals surface area (Å²) in [5.41, 5.74) is 1.18. The van der Waals surface area contributed by atoms with E-state index in [1.54, 1.807) is 23.9 Å². The van der Waals surface area contributed by atoms with E-state index in [2.05, 4.69) is 22.8 Å². The second-order valence-electron chi connectivity index (χ2n) is 3.58. The summed E-state index contributed by atoms with van der Waals surface area (Å²) in [6, 6.07) is 6.69. The Labute approximate surface area is 102 Å². The smallest absolute Gasteiger partial charge is 0.0954 e. The Morgan fingerprint density at radius 2 is 2.25 bits per heavy atom. The molecule has 16 heavy (non-hydrogen) atoms. The highest BCUT2D eigenvalue weighted by atomic mass is 32.1. The summed E-state index contributed by atoms with van der Waals surface area (Å²) < 4.78 is 7.87. The van der Waals surface area contributed by atoms with Crippen LogP contribution in [0.4, 0.5) is 0 Å². The number of furan rings is 1. The van der Waals surface area contributed by atoms with Crippen LogP contribution < -0.4 is 5.32 Å². The van der Waals surface area contributed by atoms with Crippen molar-refractivity contribution < 1.29 is 4.42 Å². The minimum absolute atomic E-state index is 0.239. The molecule has 1 unspecified atom stereocenters. The molecular weight excluding hydrogens is 238 g/mol. The van der Waals surface area contributed by atoms with Gasteiger partial charge in [0.05, 0.1) is 18.6 Å². The van der Waals surface area contributed by atoms with Gasteiger partial charge < -0.3 is 9.73 Å². The molecule has 3 heterocycles. The zero-order valence-corrected chi connectivity index (χ0v) is 10.4. The summed E-state index contributed by atoms with van der Waals surface area (Å²) in [4.78, 5) is 1.34. The molecule has 0 bridgehead atoms. The molecule has 82 valence electrons. The van der Waals surface area contributed by atoms with E-state index >= 15 is 0 Å². The first-order valence-electron chi connectivity index (χ1n) is 5.05. The highest BCUT2D eigenvalue weighted by Gasteiger charge is 2.16. The van der Waals surface area contributed by atoms with E-state index in [-0.39, 0.29) is 6.04 Å². The van der Waals surface area contributed by atoms with E-state index < -0.39 is 0 Å². The highest BCUT2D eigenvalue weighted by Crippen LogP contribution is 2.35. The number of rotatable bonds is 3. The molecule has 0 spiro atoms. The van der Waals surface area contributed by atoms with Crippen LogP contribution in [0.2, 0.25) is 0 Å². The fourth-order valence-corrected chi connectivity index (χ4v) is 4.10. The number of thiophene rings is 2. The van der Waals surface area contributed by atoms with Crippen LogP contribution in [0.5, 0.6) is 0 Å². The van der Waals surface area contributed by atoms with Crippen LogP contribution in [-0.2, 0) is 0 Å². The molecule has 0 aliphatic carbocycles. The van der Waals surface area contributed by atoms with Crippen molar-refractivity contribution in [3.63, 3.8) is 0 Å². The van der Waals surface area contributed by atoms with Gasteiger partial charge in [-0.2, -0.15) is 0 Å². The maximum Gasteiger partial charge on any atom is 0.0954 e. The van der Waals surface area contributed by atoms with Gasteiger partial charge in [0.1, 0.15) is 0 Å². The summed E-state index contributed by atoms with van der Waals surface area (Å²) in [7, 11) is 1.98. The minimum Gasteiger partial charge on any atom is -0.472 e. The quantitative estimate of drug-likeness (QED) is 0.762. The molecule has 0 saturated heterocycles. The van der Waals surface area contributed by atoms with Crippen molar-refractivity contribution in [3.8, 4) is 0 Å². The average molecular weight is 249 g/mol. The molecule has 4 heteroatoms. The van der Waals surface area contributed by atoms with Crippen LogP contribution in [0.3, 0.4) is 0 Å². The average Bonchev–Trinajstić information content (AvgIpc) is 2.91. The van der Waals surface area contributed by atoms with Crippen molar-refractivity contribution in [2.24, 2.45) is 0 Å². The number of nitrogens with one attached hydrogen (secondary N) is 1. The first-order valence-corrected chi connectivity index (χ1v) is 6.74. The van der Waals surface area contributed by atoms with Crippen molar-refractivity contribution in [2.75, 3.05) is 7.05 Å². The number of fused-ring (bicyclic) bond motifs is 1. The molecule has 0 radical (unpaired) electrons. The molecular formula is C12H11NOS2. The third kappa shape index (κ3) is 1.59. The maximum atomic E-state index is 5.14. The van der Waals surface area contributed by atoms with Crippen LogP contribution in [-0.4, -0.2) is 7.05 Å². The largest absolute Gasteiger partial charge is 0.472 e. The SMILES string of the molecule is CNC(c1ccoc1)c1cc2sccc2s1. The molecule has 0 aromatic carbocycles. The summed E-state index contributed by atoms with van der Waals surface area (Å²) in [5.74, 6) is 0. The zero-order chi connectivity index (χ0) is 11.0. The summed E-state index contributed by atoms with van der Waals surface area (Å²) in [6.07, 6.45) is 3.52. The lowest BCUT2D eigenvalue weighted by molar-refractivity contribution is 0.558. The van der Waals surface area contributed by atoms with Crippen LogP contribution in [0.15, 0.2) is 40.5 Å². The van der Waals surface area contributed by atoms with E-state index in [1.807, 2.05) is 24.5 Å². The van der Waals surface area contributed by atoms with E-state index in [1.165, 1.54) is 19.8 Å². The first-order chi connectivity index (χ1) is 7.88. The normalized spacial score (nSPS) is 13.3. The Balaban J connectivity index is 2.04. The zero-order valence-electron chi connectivity index (χ0n) is 8.77. The number of hydrogen-bond acceptors (Lipinski definition) is 4. The van der Waals surface area contributed by atoms with E-state index in [0.717, 1.165) is 0 Å². The predicted molar refractivity (Wildman–Crippen MR) is 69.3 cm³/mol. The van der Waals surface area contributed by atoms with Gasteiger partial charge in [0.15, 0.2) is 0 Å². The topological polar surface area (TPSA) is 25.2 Å². The highest BCUT2D eigenvalue weighted by molar-refractivity contribution is 7.27. The first kappa shape index (κ1) is 10.1. The van der Waals surface area contributed by atoms with Gasteiger partial charge in [-0.05, 0) is 30.6 Å². The van der Waals surface area contributed by atoms with E-state index in [0.29, 0.717) is 0 Å². The molecule has 0 fully saturated rings. The lowest BCUT2D eigenvalue weighted by Gasteiger charge is -2.11. The standard InChI is InChI=1S/C12H11NOS2/c1-13-12(8-2-4-14-7-8)11-6-10-9(16-11)3-5-15-10/h2-7,12-13H,1H3. The van der Waals surface area contributed by atoms with Gasteiger partial charge in [-0.25, -0.2) is 0 Å². The van der Waals surface area contributed by atoms with E-state index in [9.17, 15) is 0 Å². The maximum absolute atomic E-state index is 5.14. The van der Waals surface area contributed by atoms with Crippen molar-refractivity contribution >= 4 is 32.1 Å². The van der Waals surface area contributed by atoms with Crippen LogP contribution in [0.25, 0.3) is 9.40 Å². The Hall–Kier alpha value is -1.10. The molecule has 1 atom stereocenters. The molecule has 0 amide bonds. The Bertz CT molecular complexity index is 550. The van der Waals surface area contributed by atoms with Gasteiger partial charge >= 0.3 is 0 Å². The molecule has 0 saturated carbocycles. The molecule has 1 N–H and O–H groups in total. The summed E-state index contributed by atoms with van der Waals surface area (Å²) >= 11 is 3.63. The van der Waals surface area contributed by atoms with Crippen LogP contribution >= 0.6 is 22.7 Å². The molecule has 3 rings (SSSR count). The molecule has 0 aliphatic rings. The van der Waals surface area contributed by atoms with Gasteiger partial charge in [-0.15, -0.1) is 22.7 Å². The van der Waals surface area contributed by atoms with Crippen molar-refractivity contribution in [3.05, 3.63) is 46.5 Å². The second kappa shape index (κ2) is 4.05. The summed E-state index contributed by atoms with van der Waals surface area (Å²) in [6.45, 7) is 0. The molecule has 3 aromatic heterocycles. The van der Waals surface area contributed by atoms with Crippen molar-refractivity contribution in [1.82, 2.24) is 5.32 Å². The third-order valence-corrected chi connectivity index (χ3v) is 4.77. The molecule has 3 aromatic rings.